The van der Waals surface area contributed by atoms with Gasteiger partial charge in [0.05, 0.1) is 30.0 Å². The van der Waals surface area contributed by atoms with Crippen molar-refractivity contribution in [3.8, 4) is 5.69 Å². The van der Waals surface area contributed by atoms with Gasteiger partial charge in [0.1, 0.15) is 12.7 Å². The molecule has 8 nitrogen and oxygen atoms in total. The second kappa shape index (κ2) is 8.05. The Morgan fingerprint density at radius 3 is 2.66 bits per heavy atom. The fourth-order valence-electron chi connectivity index (χ4n) is 3.20. The number of fused-ring (bicyclic) bond motifs is 1. The van der Waals surface area contributed by atoms with E-state index in [1.54, 1.807) is 21.8 Å². The molecule has 4 aromatic rings. The van der Waals surface area contributed by atoms with Crippen LogP contribution in [0, 0.1) is 0 Å². The maximum absolute atomic E-state index is 12.4. The molecule has 0 aliphatic heterocycles. The van der Waals surface area contributed by atoms with E-state index in [0.29, 0.717) is 11.9 Å². The molecule has 0 saturated heterocycles. The first-order valence-corrected chi connectivity index (χ1v) is 9.31. The van der Waals surface area contributed by atoms with E-state index in [1.807, 2.05) is 49.4 Å². The number of nitrogens with one attached hydrogen (secondary N) is 1. The molecule has 2 heterocycles. The number of hydrogen-bond donors (Lipinski definition) is 1. The van der Waals surface area contributed by atoms with E-state index in [0.717, 1.165) is 16.8 Å². The van der Waals surface area contributed by atoms with Gasteiger partial charge in [0.25, 0.3) is 0 Å². The molecule has 29 heavy (non-hydrogen) atoms. The maximum atomic E-state index is 12.4. The molecular weight excluding hydrogens is 368 g/mol. The average molecular weight is 388 g/mol. The Labute approximate surface area is 166 Å². The van der Waals surface area contributed by atoms with Crippen molar-refractivity contribution in [2.45, 2.75) is 25.9 Å². The highest BCUT2D eigenvalue weighted by molar-refractivity contribution is 5.79. The summed E-state index contributed by atoms with van der Waals surface area (Å²) in [6.07, 6.45) is 4.67. The summed E-state index contributed by atoms with van der Waals surface area (Å²) < 4.78 is 3.36. The van der Waals surface area contributed by atoms with Crippen molar-refractivity contribution in [2.24, 2.45) is 0 Å². The summed E-state index contributed by atoms with van der Waals surface area (Å²) in [5.41, 5.74) is 2.50. The quantitative estimate of drug-likeness (QED) is 0.547. The summed E-state index contributed by atoms with van der Waals surface area (Å²) >= 11 is 0. The third-order valence-electron chi connectivity index (χ3n) is 4.77. The molecular formula is C21H20N6O2. The smallest absolute Gasteiger partial charge is 0.222 e. The highest BCUT2D eigenvalue weighted by atomic mass is 16.1. The van der Waals surface area contributed by atoms with Crippen LogP contribution in [0.2, 0.25) is 0 Å². The number of rotatable bonds is 6. The number of hydrogen-bond acceptors (Lipinski definition) is 5. The van der Waals surface area contributed by atoms with Crippen LogP contribution in [0.5, 0.6) is 0 Å². The van der Waals surface area contributed by atoms with Gasteiger partial charge in [0.15, 0.2) is 0 Å². The lowest BCUT2D eigenvalue weighted by Crippen LogP contribution is -2.28. The summed E-state index contributed by atoms with van der Waals surface area (Å²) in [5.74, 6) is -0.0811. The molecule has 0 aliphatic carbocycles. The maximum Gasteiger partial charge on any atom is 0.222 e. The van der Waals surface area contributed by atoms with Crippen molar-refractivity contribution in [3.63, 3.8) is 0 Å². The predicted molar refractivity (Wildman–Crippen MR) is 109 cm³/mol. The van der Waals surface area contributed by atoms with E-state index in [9.17, 15) is 9.59 Å². The van der Waals surface area contributed by atoms with Crippen LogP contribution in [-0.4, -0.2) is 30.5 Å². The van der Waals surface area contributed by atoms with Crippen molar-refractivity contribution in [3.05, 3.63) is 83.2 Å². The van der Waals surface area contributed by atoms with Crippen molar-refractivity contribution >= 4 is 16.8 Å². The van der Waals surface area contributed by atoms with Crippen LogP contribution in [0.4, 0.5) is 0 Å². The number of benzene rings is 2. The SMILES string of the molecule is CC(NC(=O)CCn1ncc(=O)c2ccccc21)c1ccc(-n2cncn2)cc1. The van der Waals surface area contributed by atoms with Gasteiger partial charge in [0, 0.05) is 11.8 Å². The van der Waals surface area contributed by atoms with Crippen LogP contribution in [0.25, 0.3) is 16.6 Å². The van der Waals surface area contributed by atoms with Crippen molar-refractivity contribution < 1.29 is 4.79 Å². The first kappa shape index (κ1) is 18.5. The normalized spacial score (nSPS) is 12.0. The molecule has 1 atom stereocenters. The standard InChI is InChI=1S/C21H20N6O2/c1-15(16-6-8-17(9-7-16)27-14-22-13-24-27)25-21(29)10-11-26-19-5-3-2-4-18(19)20(28)12-23-26/h2-9,12-15H,10-11H2,1H3,(H,25,29). The predicted octanol–water partition coefficient (Wildman–Crippen LogP) is 2.24. The highest BCUT2D eigenvalue weighted by Crippen LogP contribution is 2.15. The number of para-hydroxylation sites is 1. The number of carbonyl (C=O) groups excluding carboxylic acids is 1. The van der Waals surface area contributed by atoms with Gasteiger partial charge in [-0.05, 0) is 36.8 Å². The number of nitrogens with zero attached hydrogens (tertiary/aromatic N) is 5. The van der Waals surface area contributed by atoms with E-state index >= 15 is 0 Å². The van der Waals surface area contributed by atoms with Crippen molar-refractivity contribution in [1.29, 1.82) is 0 Å². The number of aromatic nitrogens is 5. The highest BCUT2D eigenvalue weighted by Gasteiger charge is 2.11. The van der Waals surface area contributed by atoms with E-state index < -0.39 is 0 Å². The minimum atomic E-state index is -0.133. The fourth-order valence-corrected chi connectivity index (χ4v) is 3.20. The Morgan fingerprint density at radius 2 is 1.90 bits per heavy atom. The first-order valence-electron chi connectivity index (χ1n) is 9.31. The molecule has 1 amide bonds. The molecule has 1 unspecified atom stereocenters. The van der Waals surface area contributed by atoms with Gasteiger partial charge < -0.3 is 5.32 Å². The summed E-state index contributed by atoms with van der Waals surface area (Å²) in [5, 5.41) is 11.9. The molecule has 0 saturated carbocycles. The van der Waals surface area contributed by atoms with Gasteiger partial charge in [-0.3, -0.25) is 14.3 Å². The number of aryl methyl sites for hydroxylation is 1. The van der Waals surface area contributed by atoms with Gasteiger partial charge in [-0.1, -0.05) is 24.3 Å². The Kier molecular flexibility index (Phi) is 5.15. The lowest BCUT2D eigenvalue weighted by molar-refractivity contribution is -0.122. The fraction of sp³-hybridized carbons (Fsp3) is 0.190. The molecule has 8 heteroatoms. The summed E-state index contributed by atoms with van der Waals surface area (Å²) in [6.45, 7) is 2.33. The van der Waals surface area contributed by atoms with Crippen LogP contribution in [-0.2, 0) is 11.3 Å². The zero-order chi connectivity index (χ0) is 20.2. The molecule has 2 aromatic heterocycles. The van der Waals surface area contributed by atoms with Crippen LogP contribution < -0.4 is 10.7 Å². The van der Waals surface area contributed by atoms with Crippen LogP contribution in [0.1, 0.15) is 24.9 Å². The molecule has 1 N–H and O–H groups in total. The third kappa shape index (κ3) is 4.06. The van der Waals surface area contributed by atoms with Gasteiger partial charge >= 0.3 is 0 Å². The monoisotopic (exact) mass is 388 g/mol. The van der Waals surface area contributed by atoms with E-state index in [-0.39, 0.29) is 23.8 Å². The lowest BCUT2D eigenvalue weighted by Gasteiger charge is -2.15. The molecule has 0 radical (unpaired) electrons. The summed E-state index contributed by atoms with van der Waals surface area (Å²) in [7, 11) is 0. The topological polar surface area (TPSA) is 94.7 Å². The Morgan fingerprint density at radius 1 is 1.10 bits per heavy atom. The van der Waals surface area contributed by atoms with E-state index in [2.05, 4.69) is 20.5 Å². The molecule has 0 spiro atoms. The van der Waals surface area contributed by atoms with Gasteiger partial charge in [0.2, 0.25) is 11.3 Å². The van der Waals surface area contributed by atoms with E-state index in [4.69, 9.17) is 0 Å². The zero-order valence-corrected chi connectivity index (χ0v) is 15.9. The van der Waals surface area contributed by atoms with Gasteiger partial charge in [-0.25, -0.2) is 9.67 Å². The molecule has 0 aliphatic rings. The largest absolute Gasteiger partial charge is 0.350 e. The summed E-state index contributed by atoms with van der Waals surface area (Å²) in [4.78, 5) is 28.3. The third-order valence-corrected chi connectivity index (χ3v) is 4.77. The second-order valence-corrected chi connectivity index (χ2v) is 6.72. The first-order chi connectivity index (χ1) is 14.1. The lowest BCUT2D eigenvalue weighted by atomic mass is 10.1. The molecule has 0 fully saturated rings. The number of amides is 1. The summed E-state index contributed by atoms with van der Waals surface area (Å²) in [6, 6.07) is 14.9. The Bertz CT molecular complexity index is 1180. The average Bonchev–Trinajstić information content (AvgIpc) is 3.28. The number of carbonyl (C=O) groups is 1. The van der Waals surface area contributed by atoms with Crippen LogP contribution >= 0.6 is 0 Å². The molecule has 146 valence electrons. The molecule has 2 aromatic carbocycles. The van der Waals surface area contributed by atoms with Crippen LogP contribution in [0.3, 0.4) is 0 Å². The molecule has 4 rings (SSSR count). The Balaban J connectivity index is 1.39. The second-order valence-electron chi connectivity index (χ2n) is 6.72. The Hall–Kier alpha value is -3.81. The zero-order valence-electron chi connectivity index (χ0n) is 15.9. The van der Waals surface area contributed by atoms with E-state index in [1.165, 1.54) is 12.5 Å². The van der Waals surface area contributed by atoms with Gasteiger partial charge in [-0.15, -0.1) is 0 Å². The minimum Gasteiger partial charge on any atom is -0.350 e. The van der Waals surface area contributed by atoms with Crippen molar-refractivity contribution in [2.75, 3.05) is 0 Å². The minimum absolute atomic E-state index is 0.0811. The van der Waals surface area contributed by atoms with Crippen molar-refractivity contribution in [1.82, 2.24) is 29.9 Å². The molecule has 0 bridgehead atoms. The van der Waals surface area contributed by atoms with Crippen LogP contribution in [0.15, 0.2) is 72.2 Å². The van der Waals surface area contributed by atoms with Gasteiger partial charge in [-0.2, -0.15) is 10.2 Å².